The van der Waals surface area contributed by atoms with Gasteiger partial charge in [-0.3, -0.25) is 0 Å². The molecule has 0 saturated heterocycles. The third-order valence-corrected chi connectivity index (χ3v) is 4.00. The minimum atomic E-state index is -0.947. The lowest BCUT2D eigenvalue weighted by molar-refractivity contribution is 0.0691. The van der Waals surface area contributed by atoms with Crippen LogP contribution in [0.4, 0.5) is 5.13 Å². The van der Waals surface area contributed by atoms with Gasteiger partial charge in [-0.25, -0.2) is 9.78 Å². The number of aromatic nitrogens is 1. The van der Waals surface area contributed by atoms with Gasteiger partial charge in [0.25, 0.3) is 0 Å². The normalized spacial score (nSPS) is 16.6. The van der Waals surface area contributed by atoms with Crippen molar-refractivity contribution in [2.75, 3.05) is 18.5 Å². The van der Waals surface area contributed by atoms with E-state index in [2.05, 4.69) is 9.88 Å². The van der Waals surface area contributed by atoms with Crippen LogP contribution >= 0.6 is 11.3 Å². The van der Waals surface area contributed by atoms with Crippen molar-refractivity contribution in [3.05, 3.63) is 11.1 Å². The monoisotopic (exact) mass is 240 g/mol. The minimum Gasteiger partial charge on any atom is -0.476 e. The Balaban J connectivity index is 1.96. The van der Waals surface area contributed by atoms with Gasteiger partial charge in [-0.2, -0.15) is 0 Å². The van der Waals surface area contributed by atoms with Gasteiger partial charge < -0.3 is 10.0 Å². The van der Waals surface area contributed by atoms with Crippen molar-refractivity contribution in [2.24, 2.45) is 5.92 Å². The quantitative estimate of drug-likeness (QED) is 0.878. The summed E-state index contributed by atoms with van der Waals surface area (Å²) < 4.78 is 0. The fourth-order valence-electron chi connectivity index (χ4n) is 2.20. The highest BCUT2D eigenvalue weighted by molar-refractivity contribution is 7.13. The number of aromatic carboxylic acids is 1. The zero-order valence-electron chi connectivity index (χ0n) is 9.35. The van der Waals surface area contributed by atoms with E-state index in [4.69, 9.17) is 5.11 Å². The molecule has 16 heavy (non-hydrogen) atoms. The fraction of sp³-hybridized carbons (Fsp3) is 0.636. The number of rotatable bonds is 4. The summed E-state index contributed by atoms with van der Waals surface area (Å²) in [6, 6.07) is 0. The lowest BCUT2D eigenvalue weighted by atomic mass is 10.1. The predicted molar refractivity (Wildman–Crippen MR) is 64.3 cm³/mol. The number of nitrogens with zero attached hydrogens (tertiary/aromatic N) is 2. The van der Waals surface area contributed by atoms with E-state index in [1.54, 1.807) is 5.38 Å². The smallest absolute Gasteiger partial charge is 0.355 e. The van der Waals surface area contributed by atoms with E-state index in [9.17, 15) is 4.79 Å². The van der Waals surface area contributed by atoms with Crippen LogP contribution in [-0.4, -0.2) is 29.7 Å². The molecular weight excluding hydrogens is 224 g/mol. The number of hydrogen-bond acceptors (Lipinski definition) is 4. The Bertz CT molecular complexity index is 372. The fourth-order valence-corrected chi connectivity index (χ4v) is 2.97. The second-order valence-electron chi connectivity index (χ2n) is 4.35. The summed E-state index contributed by atoms with van der Waals surface area (Å²) in [5, 5.41) is 11.2. The molecule has 1 saturated carbocycles. The molecule has 4 nitrogen and oxygen atoms in total. The Morgan fingerprint density at radius 3 is 2.88 bits per heavy atom. The number of anilines is 1. The van der Waals surface area contributed by atoms with Crippen molar-refractivity contribution in [3.63, 3.8) is 0 Å². The van der Waals surface area contributed by atoms with E-state index < -0.39 is 5.97 Å². The van der Waals surface area contributed by atoms with Crippen LogP contribution in [0.25, 0.3) is 0 Å². The van der Waals surface area contributed by atoms with Gasteiger partial charge in [0.2, 0.25) is 0 Å². The maximum atomic E-state index is 10.7. The highest BCUT2D eigenvalue weighted by Gasteiger charge is 2.19. The van der Waals surface area contributed by atoms with E-state index >= 15 is 0 Å². The molecule has 1 aromatic rings. The van der Waals surface area contributed by atoms with Crippen LogP contribution in [0.3, 0.4) is 0 Å². The molecule has 1 aliphatic rings. The molecule has 0 amide bonds. The Kier molecular flexibility index (Phi) is 3.43. The lowest BCUT2D eigenvalue weighted by Gasteiger charge is -2.19. The summed E-state index contributed by atoms with van der Waals surface area (Å²) in [5.41, 5.74) is 0.151. The van der Waals surface area contributed by atoms with Gasteiger partial charge in [0.15, 0.2) is 10.8 Å². The first-order valence-corrected chi connectivity index (χ1v) is 6.44. The second-order valence-corrected chi connectivity index (χ2v) is 5.19. The molecule has 0 unspecified atom stereocenters. The summed E-state index contributed by atoms with van der Waals surface area (Å²) in [4.78, 5) is 16.9. The highest BCUT2D eigenvalue weighted by atomic mass is 32.1. The number of carboxylic acid groups (broad SMARTS) is 1. The molecule has 2 rings (SSSR count). The van der Waals surface area contributed by atoms with Crippen molar-refractivity contribution in [3.8, 4) is 0 Å². The molecule has 0 spiro atoms. The molecule has 5 heteroatoms. The topological polar surface area (TPSA) is 53.4 Å². The van der Waals surface area contributed by atoms with Gasteiger partial charge >= 0.3 is 5.97 Å². The zero-order valence-corrected chi connectivity index (χ0v) is 10.2. The third-order valence-electron chi connectivity index (χ3n) is 3.04. The maximum Gasteiger partial charge on any atom is 0.355 e. The van der Waals surface area contributed by atoms with E-state index in [1.807, 2.05) is 7.05 Å². The average Bonchev–Trinajstić information content (AvgIpc) is 2.86. The molecule has 1 fully saturated rings. The molecule has 1 heterocycles. The van der Waals surface area contributed by atoms with Crippen LogP contribution in [0.1, 0.15) is 36.2 Å². The first-order chi connectivity index (χ1) is 7.66. The summed E-state index contributed by atoms with van der Waals surface area (Å²) in [6.45, 7) is 0.993. The number of hydrogen-bond donors (Lipinski definition) is 1. The molecule has 0 radical (unpaired) electrons. The van der Waals surface area contributed by atoms with Crippen LogP contribution < -0.4 is 4.90 Å². The Labute approximate surface area is 98.9 Å². The van der Waals surface area contributed by atoms with E-state index in [-0.39, 0.29) is 5.69 Å². The lowest BCUT2D eigenvalue weighted by Crippen LogP contribution is -2.23. The van der Waals surface area contributed by atoms with Gasteiger partial charge in [-0.1, -0.05) is 12.8 Å². The van der Waals surface area contributed by atoms with E-state index in [0.29, 0.717) is 0 Å². The van der Waals surface area contributed by atoms with Gasteiger partial charge in [-0.15, -0.1) is 11.3 Å². The van der Waals surface area contributed by atoms with Crippen LogP contribution in [0, 0.1) is 5.92 Å². The molecule has 88 valence electrons. The third kappa shape index (κ3) is 2.52. The predicted octanol–water partition coefficient (Wildman–Crippen LogP) is 2.47. The highest BCUT2D eigenvalue weighted by Crippen LogP contribution is 2.27. The summed E-state index contributed by atoms with van der Waals surface area (Å²) in [5.74, 6) is -0.195. The van der Waals surface area contributed by atoms with E-state index in [1.165, 1.54) is 37.0 Å². The molecule has 0 bridgehead atoms. The summed E-state index contributed by atoms with van der Waals surface area (Å²) >= 11 is 1.40. The van der Waals surface area contributed by atoms with E-state index in [0.717, 1.165) is 17.6 Å². The Hall–Kier alpha value is -1.10. The molecule has 1 aliphatic carbocycles. The first-order valence-electron chi connectivity index (χ1n) is 5.57. The van der Waals surface area contributed by atoms with Crippen molar-refractivity contribution < 1.29 is 9.90 Å². The Morgan fingerprint density at radius 1 is 1.62 bits per heavy atom. The first kappa shape index (κ1) is 11.4. The van der Waals surface area contributed by atoms with Crippen molar-refractivity contribution in [1.29, 1.82) is 0 Å². The molecule has 1 N–H and O–H groups in total. The standard InChI is InChI=1S/C11H16N2O2S/c1-13(6-8-4-2-3-5-8)11-12-9(7-16-11)10(14)15/h7-8H,2-6H2,1H3,(H,14,15). The summed E-state index contributed by atoms with van der Waals surface area (Å²) in [7, 11) is 1.99. The molecule has 0 aromatic carbocycles. The number of carbonyl (C=O) groups is 1. The largest absolute Gasteiger partial charge is 0.476 e. The molecule has 0 aliphatic heterocycles. The second kappa shape index (κ2) is 4.82. The van der Waals surface area contributed by atoms with Gasteiger partial charge in [0.05, 0.1) is 0 Å². The van der Waals surface area contributed by atoms with Crippen LogP contribution in [0.2, 0.25) is 0 Å². The number of carboxylic acids is 1. The SMILES string of the molecule is CN(CC1CCCC1)c1nc(C(=O)O)cs1. The summed E-state index contributed by atoms with van der Waals surface area (Å²) in [6.07, 6.45) is 5.25. The minimum absolute atomic E-state index is 0.151. The maximum absolute atomic E-state index is 10.7. The van der Waals surface area contributed by atoms with Crippen molar-refractivity contribution >= 4 is 22.4 Å². The van der Waals surface area contributed by atoms with Crippen LogP contribution in [0.15, 0.2) is 5.38 Å². The van der Waals surface area contributed by atoms with Gasteiger partial charge in [0, 0.05) is 19.0 Å². The molecular formula is C11H16N2O2S. The molecule has 0 atom stereocenters. The zero-order chi connectivity index (χ0) is 11.5. The molecule has 1 aromatic heterocycles. The van der Waals surface area contributed by atoms with Crippen molar-refractivity contribution in [2.45, 2.75) is 25.7 Å². The number of thiazole rings is 1. The van der Waals surface area contributed by atoms with Crippen molar-refractivity contribution in [1.82, 2.24) is 4.98 Å². The van der Waals surface area contributed by atoms with Gasteiger partial charge in [-0.05, 0) is 18.8 Å². The van der Waals surface area contributed by atoms with Gasteiger partial charge in [0.1, 0.15) is 0 Å². The average molecular weight is 240 g/mol. The van der Waals surface area contributed by atoms with Crippen LogP contribution in [-0.2, 0) is 0 Å². The van der Waals surface area contributed by atoms with Crippen LogP contribution in [0.5, 0.6) is 0 Å². The Morgan fingerprint density at radius 2 is 2.31 bits per heavy atom.